The Labute approximate surface area is 93.0 Å². The minimum absolute atomic E-state index is 0.228. The maximum absolute atomic E-state index is 11.4. The van der Waals surface area contributed by atoms with Crippen molar-refractivity contribution in [2.45, 2.75) is 13.8 Å². The van der Waals surface area contributed by atoms with E-state index in [1.807, 2.05) is 0 Å². The van der Waals surface area contributed by atoms with Crippen LogP contribution >= 0.6 is 11.6 Å². The highest BCUT2D eigenvalue weighted by Crippen LogP contribution is 2.21. The van der Waals surface area contributed by atoms with E-state index in [0.717, 1.165) is 5.56 Å². The smallest absolute Gasteiger partial charge is 0.339 e. The van der Waals surface area contributed by atoms with Crippen LogP contribution in [0.3, 0.4) is 0 Å². The Morgan fingerprint density at radius 3 is 2.73 bits per heavy atom. The second-order valence-electron chi connectivity index (χ2n) is 3.03. The quantitative estimate of drug-likeness (QED) is 0.588. The van der Waals surface area contributed by atoms with E-state index < -0.39 is 5.97 Å². The first-order chi connectivity index (χ1) is 7.10. The van der Waals surface area contributed by atoms with Gasteiger partial charge in [0.05, 0.1) is 17.2 Å². The number of carbonyl (C=O) groups excluding carboxylic acids is 2. The molecule has 0 N–H and O–H groups in total. The summed E-state index contributed by atoms with van der Waals surface area (Å²) in [5.74, 6) is -0.509. The number of rotatable bonds is 3. The number of hydrogen-bond acceptors (Lipinski definition) is 3. The van der Waals surface area contributed by atoms with Crippen LogP contribution in [0.1, 0.15) is 33.2 Å². The Bertz CT molecular complexity index is 399. The van der Waals surface area contributed by atoms with E-state index in [0.29, 0.717) is 16.9 Å². The molecule has 0 amide bonds. The van der Waals surface area contributed by atoms with E-state index in [9.17, 15) is 9.59 Å². The van der Waals surface area contributed by atoms with Gasteiger partial charge in [-0.3, -0.25) is 4.79 Å². The van der Waals surface area contributed by atoms with Crippen LogP contribution in [0.2, 0.25) is 5.02 Å². The number of ether oxygens (including phenoxy) is 1. The summed E-state index contributed by atoms with van der Waals surface area (Å²) in [4.78, 5) is 22.1. The second kappa shape index (κ2) is 4.94. The lowest BCUT2D eigenvalue weighted by Gasteiger charge is -2.06. The number of aryl methyl sites for hydroxylation is 1. The average Bonchev–Trinajstić information content (AvgIpc) is 2.18. The topological polar surface area (TPSA) is 43.4 Å². The largest absolute Gasteiger partial charge is 0.462 e. The summed E-state index contributed by atoms with van der Waals surface area (Å²) in [5.41, 5.74) is 1.41. The molecule has 0 aromatic heterocycles. The molecule has 0 aliphatic rings. The molecule has 0 fully saturated rings. The first kappa shape index (κ1) is 11.7. The van der Waals surface area contributed by atoms with E-state index in [-0.39, 0.29) is 12.2 Å². The van der Waals surface area contributed by atoms with E-state index >= 15 is 0 Å². The molecular weight excluding hydrogens is 216 g/mol. The van der Waals surface area contributed by atoms with Crippen molar-refractivity contribution in [3.8, 4) is 0 Å². The summed E-state index contributed by atoms with van der Waals surface area (Å²) in [7, 11) is 0. The maximum Gasteiger partial charge on any atom is 0.339 e. The van der Waals surface area contributed by atoms with Gasteiger partial charge in [-0.1, -0.05) is 11.6 Å². The number of esters is 1. The van der Waals surface area contributed by atoms with Crippen LogP contribution in [-0.2, 0) is 4.74 Å². The zero-order valence-electron chi connectivity index (χ0n) is 8.54. The molecule has 0 unspecified atom stereocenters. The van der Waals surface area contributed by atoms with Crippen molar-refractivity contribution in [3.05, 3.63) is 33.8 Å². The van der Waals surface area contributed by atoms with Gasteiger partial charge in [-0.05, 0) is 31.5 Å². The van der Waals surface area contributed by atoms with Crippen LogP contribution in [0.25, 0.3) is 0 Å². The molecule has 0 heterocycles. The van der Waals surface area contributed by atoms with Crippen molar-refractivity contribution in [3.63, 3.8) is 0 Å². The van der Waals surface area contributed by atoms with Gasteiger partial charge < -0.3 is 4.74 Å². The van der Waals surface area contributed by atoms with Gasteiger partial charge in [0.2, 0.25) is 0 Å². The molecule has 1 rings (SSSR count). The minimum atomic E-state index is -0.509. The normalized spacial score (nSPS) is 9.80. The Hall–Kier alpha value is -1.35. The van der Waals surface area contributed by atoms with E-state index in [1.165, 1.54) is 6.07 Å². The Balaban J connectivity index is 3.18. The first-order valence-electron chi connectivity index (χ1n) is 4.52. The van der Waals surface area contributed by atoms with Crippen LogP contribution < -0.4 is 0 Å². The third-order valence-corrected chi connectivity index (χ3v) is 2.29. The van der Waals surface area contributed by atoms with E-state index in [4.69, 9.17) is 16.3 Å². The third-order valence-electron chi connectivity index (χ3n) is 1.98. The van der Waals surface area contributed by atoms with Gasteiger partial charge in [0.15, 0.2) is 0 Å². The fraction of sp³-hybridized carbons (Fsp3) is 0.273. The predicted octanol–water partition coefficient (Wildman–Crippen LogP) is 2.64. The highest BCUT2D eigenvalue weighted by Gasteiger charge is 2.13. The van der Waals surface area contributed by atoms with Gasteiger partial charge in [-0.2, -0.15) is 0 Å². The standard InChI is InChI=1S/C11H11ClO3/c1-3-15-11(14)9-5-8(6-13)7(2)4-10(9)12/h4-6H,3H2,1-2H3. The van der Waals surface area contributed by atoms with Crippen LogP contribution in [0.15, 0.2) is 12.1 Å². The lowest BCUT2D eigenvalue weighted by Crippen LogP contribution is -2.06. The number of carbonyl (C=O) groups is 2. The van der Waals surface area contributed by atoms with Crippen molar-refractivity contribution in [2.24, 2.45) is 0 Å². The van der Waals surface area contributed by atoms with E-state index in [1.54, 1.807) is 19.9 Å². The zero-order chi connectivity index (χ0) is 11.4. The summed E-state index contributed by atoms with van der Waals surface area (Å²) in [6.07, 6.45) is 0.689. The van der Waals surface area contributed by atoms with Gasteiger partial charge in [0.1, 0.15) is 6.29 Å². The number of benzene rings is 1. The summed E-state index contributed by atoms with van der Waals surface area (Å²) in [6, 6.07) is 3.03. The molecule has 1 aromatic rings. The van der Waals surface area contributed by atoms with Gasteiger partial charge in [0, 0.05) is 5.56 Å². The monoisotopic (exact) mass is 226 g/mol. The molecule has 0 radical (unpaired) electrons. The molecule has 1 aromatic carbocycles. The van der Waals surface area contributed by atoms with Crippen LogP contribution in [0.5, 0.6) is 0 Å². The van der Waals surface area contributed by atoms with Crippen LogP contribution in [0.4, 0.5) is 0 Å². The Kier molecular flexibility index (Phi) is 3.86. The van der Waals surface area contributed by atoms with Gasteiger partial charge in [0.25, 0.3) is 0 Å². The van der Waals surface area contributed by atoms with Crippen molar-refractivity contribution in [1.82, 2.24) is 0 Å². The molecule has 0 bridgehead atoms. The predicted molar refractivity (Wildman–Crippen MR) is 57.5 cm³/mol. The minimum Gasteiger partial charge on any atom is -0.462 e. The number of hydrogen-bond donors (Lipinski definition) is 0. The molecule has 15 heavy (non-hydrogen) atoms. The number of aldehydes is 1. The van der Waals surface area contributed by atoms with Crippen molar-refractivity contribution >= 4 is 23.9 Å². The highest BCUT2D eigenvalue weighted by molar-refractivity contribution is 6.33. The zero-order valence-corrected chi connectivity index (χ0v) is 9.30. The lowest BCUT2D eigenvalue weighted by molar-refractivity contribution is 0.0526. The van der Waals surface area contributed by atoms with Crippen molar-refractivity contribution in [2.75, 3.05) is 6.61 Å². The van der Waals surface area contributed by atoms with Gasteiger partial charge in [-0.25, -0.2) is 4.79 Å². The molecule has 0 aliphatic carbocycles. The second-order valence-corrected chi connectivity index (χ2v) is 3.43. The fourth-order valence-electron chi connectivity index (χ4n) is 1.18. The van der Waals surface area contributed by atoms with Crippen LogP contribution in [0, 0.1) is 6.92 Å². The molecule has 0 spiro atoms. The average molecular weight is 227 g/mol. The lowest BCUT2D eigenvalue weighted by atomic mass is 10.1. The molecule has 0 atom stereocenters. The Morgan fingerprint density at radius 2 is 2.20 bits per heavy atom. The molecule has 0 saturated heterocycles. The molecule has 4 heteroatoms. The first-order valence-corrected chi connectivity index (χ1v) is 4.90. The molecule has 0 saturated carbocycles. The van der Waals surface area contributed by atoms with Crippen LogP contribution in [-0.4, -0.2) is 18.9 Å². The number of halogens is 1. The molecule has 3 nitrogen and oxygen atoms in total. The summed E-state index contributed by atoms with van der Waals surface area (Å²) in [5, 5.41) is 0.302. The SMILES string of the molecule is CCOC(=O)c1cc(C=O)c(C)cc1Cl. The molecule has 80 valence electrons. The maximum atomic E-state index is 11.4. The van der Waals surface area contributed by atoms with Crippen molar-refractivity contribution < 1.29 is 14.3 Å². The summed E-state index contributed by atoms with van der Waals surface area (Å²) >= 11 is 5.87. The Morgan fingerprint density at radius 1 is 1.53 bits per heavy atom. The summed E-state index contributed by atoms with van der Waals surface area (Å²) in [6.45, 7) is 3.74. The van der Waals surface area contributed by atoms with Gasteiger partial charge in [-0.15, -0.1) is 0 Å². The molecular formula is C11H11ClO3. The molecule has 0 aliphatic heterocycles. The summed E-state index contributed by atoms with van der Waals surface area (Å²) < 4.78 is 4.81. The highest BCUT2D eigenvalue weighted by atomic mass is 35.5. The van der Waals surface area contributed by atoms with Gasteiger partial charge >= 0.3 is 5.97 Å². The third kappa shape index (κ3) is 2.57. The van der Waals surface area contributed by atoms with Crippen molar-refractivity contribution in [1.29, 1.82) is 0 Å². The fourth-order valence-corrected chi connectivity index (χ4v) is 1.48. The van der Waals surface area contributed by atoms with E-state index in [2.05, 4.69) is 0 Å².